The topological polar surface area (TPSA) is 47.9 Å². The van der Waals surface area contributed by atoms with Crippen LogP contribution in [-0.2, 0) is 10.2 Å². The predicted molar refractivity (Wildman–Crippen MR) is 126 cm³/mol. The SMILES string of the molecule is CN=C(NCC1(c2ccccc2F)CC1)N1CC(CCN2CCCC2=O)c2ccccc21. The zero-order valence-corrected chi connectivity index (χ0v) is 18.7. The minimum atomic E-state index is -0.143. The molecule has 2 fully saturated rings. The van der Waals surface area contributed by atoms with E-state index in [0.717, 1.165) is 56.8 Å². The second kappa shape index (κ2) is 8.57. The van der Waals surface area contributed by atoms with Crippen molar-refractivity contribution in [2.45, 2.75) is 43.4 Å². The van der Waals surface area contributed by atoms with Gasteiger partial charge in [-0.3, -0.25) is 9.79 Å². The number of amides is 1. The zero-order valence-electron chi connectivity index (χ0n) is 18.7. The lowest BCUT2D eigenvalue weighted by Crippen LogP contribution is -2.44. The number of guanidine groups is 1. The van der Waals surface area contributed by atoms with Gasteiger partial charge in [0.15, 0.2) is 5.96 Å². The fourth-order valence-electron chi connectivity index (χ4n) is 5.32. The summed E-state index contributed by atoms with van der Waals surface area (Å²) < 4.78 is 14.4. The minimum absolute atomic E-state index is 0.121. The Bertz CT molecular complexity index is 1030. The number of halogens is 1. The summed E-state index contributed by atoms with van der Waals surface area (Å²) in [5, 5.41) is 3.55. The fourth-order valence-corrected chi connectivity index (χ4v) is 5.32. The number of hydrogen-bond acceptors (Lipinski definition) is 2. The highest BCUT2D eigenvalue weighted by Crippen LogP contribution is 2.48. The Balaban J connectivity index is 1.29. The van der Waals surface area contributed by atoms with E-state index in [-0.39, 0.29) is 17.1 Å². The lowest BCUT2D eigenvalue weighted by molar-refractivity contribution is -0.127. The number of hydrogen-bond donors (Lipinski definition) is 1. The smallest absolute Gasteiger partial charge is 0.222 e. The molecular weight excluding hydrogens is 403 g/mol. The van der Waals surface area contributed by atoms with Crippen LogP contribution in [0.15, 0.2) is 53.5 Å². The molecule has 1 aliphatic carbocycles. The highest BCUT2D eigenvalue weighted by Gasteiger charge is 2.46. The lowest BCUT2D eigenvalue weighted by Gasteiger charge is -2.26. The highest BCUT2D eigenvalue weighted by atomic mass is 19.1. The number of aliphatic imine (C=N–C) groups is 1. The first-order valence-corrected chi connectivity index (χ1v) is 11.7. The molecule has 0 bridgehead atoms. The molecule has 2 aliphatic heterocycles. The molecule has 3 aliphatic rings. The van der Waals surface area contributed by atoms with Gasteiger partial charge in [0.05, 0.1) is 0 Å². The number of anilines is 1. The van der Waals surface area contributed by atoms with Crippen LogP contribution in [0.2, 0.25) is 0 Å². The summed E-state index contributed by atoms with van der Waals surface area (Å²) >= 11 is 0. The summed E-state index contributed by atoms with van der Waals surface area (Å²) in [4.78, 5) is 20.9. The van der Waals surface area contributed by atoms with Crippen LogP contribution in [-0.4, -0.2) is 50.0 Å². The van der Waals surface area contributed by atoms with Gasteiger partial charge in [-0.15, -0.1) is 0 Å². The van der Waals surface area contributed by atoms with E-state index < -0.39 is 0 Å². The van der Waals surface area contributed by atoms with Crippen molar-refractivity contribution >= 4 is 17.6 Å². The second-order valence-corrected chi connectivity index (χ2v) is 9.30. The molecule has 5 nitrogen and oxygen atoms in total. The summed E-state index contributed by atoms with van der Waals surface area (Å²) in [5.74, 6) is 1.36. The third-order valence-electron chi connectivity index (χ3n) is 7.34. The number of nitrogens with zero attached hydrogens (tertiary/aromatic N) is 3. The number of rotatable bonds is 6. The number of para-hydroxylation sites is 1. The first-order valence-electron chi connectivity index (χ1n) is 11.7. The molecule has 2 aromatic carbocycles. The van der Waals surface area contributed by atoms with Crippen molar-refractivity contribution in [1.29, 1.82) is 0 Å². The average Bonchev–Trinajstić information content (AvgIpc) is 3.35. The third-order valence-corrected chi connectivity index (χ3v) is 7.34. The fraction of sp³-hybridized carbons (Fsp3) is 0.462. The van der Waals surface area contributed by atoms with Gasteiger partial charge in [-0.2, -0.15) is 0 Å². The summed E-state index contributed by atoms with van der Waals surface area (Å²) in [6.45, 7) is 3.21. The monoisotopic (exact) mass is 434 g/mol. The number of nitrogens with one attached hydrogen (secondary N) is 1. The number of carbonyl (C=O) groups excluding carboxylic acids is 1. The summed E-state index contributed by atoms with van der Waals surface area (Å²) in [7, 11) is 1.81. The van der Waals surface area contributed by atoms with Crippen LogP contribution in [0, 0.1) is 5.82 Å². The van der Waals surface area contributed by atoms with E-state index in [4.69, 9.17) is 0 Å². The van der Waals surface area contributed by atoms with Crippen LogP contribution >= 0.6 is 0 Å². The van der Waals surface area contributed by atoms with Crippen LogP contribution in [0.1, 0.15) is 49.1 Å². The van der Waals surface area contributed by atoms with E-state index in [0.29, 0.717) is 18.9 Å². The molecule has 2 aromatic rings. The van der Waals surface area contributed by atoms with E-state index in [1.54, 1.807) is 12.1 Å². The van der Waals surface area contributed by atoms with E-state index in [1.165, 1.54) is 11.3 Å². The molecule has 32 heavy (non-hydrogen) atoms. The highest BCUT2D eigenvalue weighted by molar-refractivity contribution is 5.98. The summed E-state index contributed by atoms with van der Waals surface area (Å²) in [5.41, 5.74) is 3.15. The summed E-state index contributed by atoms with van der Waals surface area (Å²) in [6, 6.07) is 15.6. The van der Waals surface area contributed by atoms with Crippen molar-refractivity contribution < 1.29 is 9.18 Å². The number of benzene rings is 2. The molecule has 0 aromatic heterocycles. The third kappa shape index (κ3) is 3.87. The Morgan fingerprint density at radius 3 is 2.69 bits per heavy atom. The molecule has 5 rings (SSSR count). The van der Waals surface area contributed by atoms with Crippen molar-refractivity contribution in [3.63, 3.8) is 0 Å². The van der Waals surface area contributed by atoms with Gasteiger partial charge in [0.2, 0.25) is 5.91 Å². The van der Waals surface area contributed by atoms with Gasteiger partial charge in [0.1, 0.15) is 5.82 Å². The van der Waals surface area contributed by atoms with Gasteiger partial charge in [-0.25, -0.2) is 4.39 Å². The van der Waals surface area contributed by atoms with Gasteiger partial charge >= 0.3 is 0 Å². The molecule has 1 atom stereocenters. The molecule has 168 valence electrons. The van der Waals surface area contributed by atoms with Gasteiger partial charge in [0.25, 0.3) is 0 Å². The van der Waals surface area contributed by atoms with Gasteiger partial charge < -0.3 is 15.1 Å². The Labute approximate surface area is 189 Å². The van der Waals surface area contributed by atoms with Crippen LogP contribution in [0.4, 0.5) is 10.1 Å². The molecule has 6 heteroatoms. The van der Waals surface area contributed by atoms with Crippen molar-refractivity contribution in [3.8, 4) is 0 Å². The van der Waals surface area contributed by atoms with E-state index in [9.17, 15) is 9.18 Å². The maximum absolute atomic E-state index is 14.4. The van der Waals surface area contributed by atoms with E-state index in [1.807, 2.05) is 24.1 Å². The first kappa shape index (κ1) is 21.0. The molecule has 0 spiro atoms. The zero-order chi connectivity index (χ0) is 22.1. The molecule has 1 amide bonds. The number of carbonyl (C=O) groups is 1. The molecular formula is C26H31FN4O. The number of fused-ring (bicyclic) bond motifs is 1. The Hall–Kier alpha value is -2.89. The van der Waals surface area contributed by atoms with Crippen LogP contribution in [0.3, 0.4) is 0 Å². The molecule has 1 N–H and O–H groups in total. The van der Waals surface area contributed by atoms with Gasteiger partial charge in [0, 0.05) is 56.7 Å². The quantitative estimate of drug-likeness (QED) is 0.551. The number of likely N-dealkylation sites (tertiary alicyclic amines) is 1. The Morgan fingerprint density at radius 2 is 1.97 bits per heavy atom. The normalized spacial score (nSPS) is 21.8. The molecule has 2 heterocycles. The van der Waals surface area contributed by atoms with Crippen LogP contribution < -0.4 is 10.2 Å². The molecule has 0 radical (unpaired) electrons. The first-order chi connectivity index (χ1) is 15.6. The second-order valence-electron chi connectivity index (χ2n) is 9.30. The van der Waals surface area contributed by atoms with Crippen LogP contribution in [0.25, 0.3) is 0 Å². The average molecular weight is 435 g/mol. The van der Waals surface area contributed by atoms with Crippen molar-refractivity contribution in [2.24, 2.45) is 4.99 Å². The van der Waals surface area contributed by atoms with Crippen molar-refractivity contribution in [2.75, 3.05) is 38.1 Å². The van der Waals surface area contributed by atoms with Crippen LogP contribution in [0.5, 0.6) is 0 Å². The Kier molecular flexibility index (Phi) is 5.62. The molecule has 1 saturated carbocycles. The summed E-state index contributed by atoms with van der Waals surface area (Å²) in [6.07, 6.45) is 4.59. The molecule has 1 unspecified atom stereocenters. The lowest BCUT2D eigenvalue weighted by atomic mass is 9.95. The Morgan fingerprint density at radius 1 is 1.19 bits per heavy atom. The van der Waals surface area contributed by atoms with Gasteiger partial charge in [-0.05, 0) is 48.9 Å². The molecule has 1 saturated heterocycles. The largest absolute Gasteiger partial charge is 0.355 e. The van der Waals surface area contributed by atoms with Crippen molar-refractivity contribution in [1.82, 2.24) is 10.2 Å². The standard InChI is InChI=1S/C26H31FN4O/c1-28-25(29-18-26(13-14-26)21-8-3-4-9-22(21)27)31-17-19(20-7-2-5-10-23(20)31)12-16-30-15-6-11-24(30)32/h2-5,7-10,19H,6,11-18H2,1H3,(H,28,29). The minimum Gasteiger partial charge on any atom is -0.355 e. The van der Waals surface area contributed by atoms with E-state index in [2.05, 4.69) is 39.5 Å². The maximum Gasteiger partial charge on any atom is 0.222 e. The van der Waals surface area contributed by atoms with E-state index >= 15 is 0 Å². The van der Waals surface area contributed by atoms with Crippen molar-refractivity contribution in [3.05, 3.63) is 65.5 Å². The van der Waals surface area contributed by atoms with Gasteiger partial charge in [-0.1, -0.05) is 36.4 Å². The predicted octanol–water partition coefficient (Wildman–Crippen LogP) is 4.05. The maximum atomic E-state index is 14.4.